The van der Waals surface area contributed by atoms with Crippen molar-refractivity contribution in [1.82, 2.24) is 4.57 Å². The number of fused-ring (bicyclic) bond motifs is 1. The highest BCUT2D eigenvalue weighted by molar-refractivity contribution is 7.07. The van der Waals surface area contributed by atoms with Crippen LogP contribution in [0.4, 0.5) is 5.69 Å². The second-order valence-electron chi connectivity index (χ2n) is 8.48. The van der Waals surface area contributed by atoms with Crippen LogP contribution in [-0.4, -0.2) is 22.1 Å². The van der Waals surface area contributed by atoms with Gasteiger partial charge in [-0.05, 0) is 49.7 Å². The van der Waals surface area contributed by atoms with E-state index in [4.69, 9.17) is 32.4 Å². The molecule has 0 saturated heterocycles. The van der Waals surface area contributed by atoms with E-state index in [1.165, 1.54) is 22.8 Å². The molecule has 1 aliphatic heterocycles. The fourth-order valence-corrected chi connectivity index (χ4v) is 5.64. The number of non-ortho nitro benzene ring substituents is 1. The Hall–Kier alpha value is -3.99. The van der Waals surface area contributed by atoms with Crippen LogP contribution in [0, 0.1) is 10.1 Å². The quantitative estimate of drug-likeness (QED) is 0.173. The molecule has 0 fully saturated rings. The monoisotopic (exact) mass is 583 g/mol. The maximum atomic E-state index is 13.7. The number of hydrogen-bond donors (Lipinski definition) is 0. The minimum absolute atomic E-state index is 0.129. The number of furan rings is 1. The summed E-state index contributed by atoms with van der Waals surface area (Å²) in [6.45, 7) is 3.58. The Morgan fingerprint density at radius 2 is 1.95 bits per heavy atom. The molecule has 39 heavy (non-hydrogen) atoms. The van der Waals surface area contributed by atoms with Gasteiger partial charge in [0.2, 0.25) is 0 Å². The normalized spacial score (nSPS) is 15.2. The van der Waals surface area contributed by atoms with Crippen molar-refractivity contribution < 1.29 is 18.9 Å². The van der Waals surface area contributed by atoms with Crippen molar-refractivity contribution in [3.8, 4) is 11.3 Å². The Kier molecular flexibility index (Phi) is 7.26. The molecular weight excluding hydrogens is 565 g/mol. The molecule has 9 nitrogen and oxygen atoms in total. The van der Waals surface area contributed by atoms with Crippen molar-refractivity contribution in [2.24, 2.45) is 4.99 Å². The fraction of sp³-hybridized carbons (Fsp3) is 0.148. The number of carbonyl (C=O) groups is 1. The number of thiazole rings is 1. The van der Waals surface area contributed by atoms with Gasteiger partial charge < -0.3 is 9.15 Å². The summed E-state index contributed by atoms with van der Waals surface area (Å²) in [4.78, 5) is 42.3. The van der Waals surface area contributed by atoms with Crippen molar-refractivity contribution in [3.05, 3.63) is 117 Å². The lowest BCUT2D eigenvalue weighted by molar-refractivity contribution is -0.384. The van der Waals surface area contributed by atoms with E-state index in [1.807, 2.05) is 0 Å². The number of allylic oxidation sites excluding steroid dienone is 1. The van der Waals surface area contributed by atoms with Crippen LogP contribution >= 0.6 is 34.5 Å². The molecule has 2 aromatic carbocycles. The summed E-state index contributed by atoms with van der Waals surface area (Å²) < 4.78 is 12.9. The highest BCUT2D eigenvalue weighted by Gasteiger charge is 2.33. The second-order valence-corrected chi connectivity index (χ2v) is 10.3. The Bertz CT molecular complexity index is 1840. The van der Waals surface area contributed by atoms with Crippen LogP contribution in [0.5, 0.6) is 0 Å². The number of carbonyl (C=O) groups excluding carboxylic acids is 1. The summed E-state index contributed by atoms with van der Waals surface area (Å²) >= 11 is 13.5. The van der Waals surface area contributed by atoms with Gasteiger partial charge in [0.25, 0.3) is 11.2 Å². The van der Waals surface area contributed by atoms with Crippen molar-refractivity contribution in [2.45, 2.75) is 19.9 Å². The Balaban J connectivity index is 1.62. The second kappa shape index (κ2) is 10.6. The van der Waals surface area contributed by atoms with E-state index < -0.39 is 16.9 Å². The van der Waals surface area contributed by atoms with Crippen LogP contribution in [0.15, 0.2) is 80.1 Å². The Morgan fingerprint density at radius 1 is 1.21 bits per heavy atom. The number of rotatable bonds is 6. The minimum Gasteiger partial charge on any atom is -0.463 e. The largest absolute Gasteiger partial charge is 0.463 e. The molecule has 0 amide bonds. The molecule has 4 aromatic rings. The third kappa shape index (κ3) is 5.06. The molecule has 0 spiro atoms. The molecule has 2 aromatic heterocycles. The number of ether oxygens (including phenoxy) is 1. The number of nitro groups is 1. The average molecular weight is 584 g/mol. The molecular formula is C27H19Cl2N3O6S. The summed E-state index contributed by atoms with van der Waals surface area (Å²) in [5, 5.41) is 12.0. The number of esters is 1. The van der Waals surface area contributed by atoms with Crippen molar-refractivity contribution in [1.29, 1.82) is 0 Å². The lowest BCUT2D eigenvalue weighted by Crippen LogP contribution is -2.39. The summed E-state index contributed by atoms with van der Waals surface area (Å²) in [5.74, 6) is 0.0851. The van der Waals surface area contributed by atoms with Crippen LogP contribution in [-0.2, 0) is 9.53 Å². The maximum absolute atomic E-state index is 13.7. The van der Waals surface area contributed by atoms with Gasteiger partial charge in [0, 0.05) is 28.8 Å². The number of benzene rings is 2. The van der Waals surface area contributed by atoms with Crippen LogP contribution in [0.1, 0.15) is 31.2 Å². The highest BCUT2D eigenvalue weighted by Crippen LogP contribution is 2.33. The average Bonchev–Trinajstić information content (AvgIpc) is 3.48. The predicted molar refractivity (Wildman–Crippen MR) is 148 cm³/mol. The number of nitro benzene ring substituents is 1. The summed E-state index contributed by atoms with van der Waals surface area (Å²) in [6, 6.07) is 13.4. The van der Waals surface area contributed by atoms with E-state index in [0.717, 1.165) is 11.3 Å². The molecule has 3 heterocycles. The number of aromatic nitrogens is 1. The van der Waals surface area contributed by atoms with Crippen molar-refractivity contribution in [3.63, 3.8) is 0 Å². The van der Waals surface area contributed by atoms with Crippen molar-refractivity contribution in [2.75, 3.05) is 6.61 Å². The van der Waals surface area contributed by atoms with E-state index in [0.29, 0.717) is 42.7 Å². The standard InChI is InChI=1S/C27H19Cl2N3O6S/c1-3-37-26(34)23-14(2)30-27-31(24(23)15-4-6-16(28)7-5-15)25(33)22(39-27)13-18-9-11-21(38-18)19-12-17(32(35)36)8-10-20(19)29/h4-13,24H,3H2,1-2H3/b22-13+/t24-/m1/s1. The molecule has 0 aliphatic carbocycles. The van der Waals surface area contributed by atoms with E-state index in [9.17, 15) is 19.7 Å². The molecule has 5 rings (SSSR count). The van der Waals surface area contributed by atoms with Crippen molar-refractivity contribution >= 4 is 52.3 Å². The predicted octanol–water partition coefficient (Wildman–Crippen LogP) is 5.27. The first-order chi connectivity index (χ1) is 18.7. The first-order valence-corrected chi connectivity index (χ1v) is 13.2. The van der Waals surface area contributed by atoms with E-state index in [-0.39, 0.29) is 28.4 Å². The summed E-state index contributed by atoms with van der Waals surface area (Å²) in [5.41, 5.74) is 1.23. The highest BCUT2D eigenvalue weighted by atomic mass is 35.5. The van der Waals surface area contributed by atoms with E-state index >= 15 is 0 Å². The Labute approximate surface area is 235 Å². The lowest BCUT2D eigenvalue weighted by atomic mass is 9.96. The van der Waals surface area contributed by atoms with Gasteiger partial charge >= 0.3 is 5.97 Å². The minimum atomic E-state index is -0.768. The van der Waals surface area contributed by atoms with Gasteiger partial charge in [-0.3, -0.25) is 19.5 Å². The molecule has 1 atom stereocenters. The number of nitrogens with zero attached hydrogens (tertiary/aromatic N) is 3. The summed E-state index contributed by atoms with van der Waals surface area (Å²) in [7, 11) is 0. The van der Waals surface area contributed by atoms with Gasteiger partial charge in [-0.25, -0.2) is 9.79 Å². The van der Waals surface area contributed by atoms with E-state index in [2.05, 4.69) is 4.99 Å². The van der Waals surface area contributed by atoms with Crippen LogP contribution in [0.25, 0.3) is 17.4 Å². The third-order valence-electron chi connectivity index (χ3n) is 6.03. The zero-order valence-corrected chi connectivity index (χ0v) is 22.8. The van der Waals surface area contributed by atoms with Crippen LogP contribution < -0.4 is 14.9 Å². The zero-order chi connectivity index (χ0) is 27.8. The van der Waals surface area contributed by atoms with Crippen LogP contribution in [0.3, 0.4) is 0 Å². The van der Waals surface area contributed by atoms with Gasteiger partial charge in [-0.1, -0.05) is 46.7 Å². The number of halogens is 2. The first-order valence-electron chi connectivity index (χ1n) is 11.7. The maximum Gasteiger partial charge on any atom is 0.338 e. The van der Waals surface area contributed by atoms with Gasteiger partial charge in [0.1, 0.15) is 11.5 Å². The topological polar surface area (TPSA) is 117 Å². The molecule has 0 radical (unpaired) electrons. The van der Waals surface area contributed by atoms with E-state index in [1.54, 1.807) is 56.3 Å². The molecule has 0 bridgehead atoms. The van der Waals surface area contributed by atoms with Gasteiger partial charge in [-0.15, -0.1) is 0 Å². The smallest absolute Gasteiger partial charge is 0.338 e. The molecule has 0 N–H and O–H groups in total. The molecule has 0 unspecified atom stereocenters. The van der Waals surface area contributed by atoms with Gasteiger partial charge in [0.05, 0.1) is 38.4 Å². The zero-order valence-electron chi connectivity index (χ0n) is 20.5. The van der Waals surface area contributed by atoms with Gasteiger partial charge in [-0.2, -0.15) is 0 Å². The molecule has 0 saturated carbocycles. The number of hydrogen-bond acceptors (Lipinski definition) is 8. The van der Waals surface area contributed by atoms with Crippen LogP contribution in [0.2, 0.25) is 10.0 Å². The SMILES string of the molecule is CCOC(=O)C1=C(C)N=c2s/c(=C/c3ccc(-c4cc([N+](=O)[O-])ccc4Cl)o3)c(=O)n2[C@@H]1c1ccc(Cl)cc1. The fourth-order valence-electron chi connectivity index (χ4n) is 4.27. The lowest BCUT2D eigenvalue weighted by Gasteiger charge is -2.24. The first kappa shape index (κ1) is 26.6. The summed E-state index contributed by atoms with van der Waals surface area (Å²) in [6.07, 6.45) is 1.56. The molecule has 198 valence electrons. The van der Waals surface area contributed by atoms with Gasteiger partial charge in [0.15, 0.2) is 4.80 Å². The third-order valence-corrected chi connectivity index (χ3v) is 7.59. The Morgan fingerprint density at radius 3 is 2.64 bits per heavy atom. The molecule has 12 heteroatoms. The molecule has 1 aliphatic rings.